The second-order valence-electron chi connectivity index (χ2n) is 4.83. The molecule has 21 heavy (non-hydrogen) atoms. The summed E-state index contributed by atoms with van der Waals surface area (Å²) in [7, 11) is 0. The van der Waals surface area contributed by atoms with Crippen molar-refractivity contribution in [2.24, 2.45) is 0 Å². The molecule has 0 aliphatic carbocycles. The average molecular weight is 349 g/mol. The SMILES string of the molecule is Cc1cc(NC(=O)COc2cccc(N)c2)cc(C)c1Br. The number of nitrogen functional groups attached to an aromatic ring is 1. The van der Waals surface area contributed by atoms with Gasteiger partial charge < -0.3 is 15.8 Å². The molecule has 1 amide bonds. The number of carbonyl (C=O) groups is 1. The van der Waals surface area contributed by atoms with Gasteiger partial charge in [-0.25, -0.2) is 0 Å². The fourth-order valence-corrected chi connectivity index (χ4v) is 2.20. The fourth-order valence-electron chi connectivity index (χ4n) is 1.97. The Hall–Kier alpha value is -2.01. The first kappa shape index (κ1) is 15.4. The molecule has 2 rings (SSSR count). The number of carbonyl (C=O) groups excluding carboxylic acids is 1. The van der Waals surface area contributed by atoms with Crippen molar-refractivity contribution < 1.29 is 9.53 Å². The predicted molar refractivity (Wildman–Crippen MR) is 88.6 cm³/mol. The zero-order valence-corrected chi connectivity index (χ0v) is 13.5. The minimum atomic E-state index is -0.210. The van der Waals surface area contributed by atoms with E-state index in [4.69, 9.17) is 10.5 Å². The Morgan fingerprint density at radius 2 is 1.90 bits per heavy atom. The Morgan fingerprint density at radius 1 is 1.24 bits per heavy atom. The molecule has 0 unspecified atom stereocenters. The number of rotatable bonds is 4. The second kappa shape index (κ2) is 6.63. The van der Waals surface area contributed by atoms with Gasteiger partial charge in [0.05, 0.1) is 0 Å². The number of benzene rings is 2. The van der Waals surface area contributed by atoms with Gasteiger partial charge >= 0.3 is 0 Å². The molecule has 0 radical (unpaired) electrons. The number of nitrogens with two attached hydrogens (primary N) is 1. The van der Waals surface area contributed by atoms with Gasteiger partial charge in [0.1, 0.15) is 5.75 Å². The van der Waals surface area contributed by atoms with Gasteiger partial charge in [0.25, 0.3) is 5.91 Å². The lowest BCUT2D eigenvalue weighted by Crippen LogP contribution is -2.20. The summed E-state index contributed by atoms with van der Waals surface area (Å²) in [5.41, 5.74) is 9.16. The molecule has 0 aliphatic rings. The molecular weight excluding hydrogens is 332 g/mol. The Labute approximate surface area is 132 Å². The maximum absolute atomic E-state index is 11.9. The maximum Gasteiger partial charge on any atom is 0.262 e. The molecule has 0 atom stereocenters. The lowest BCUT2D eigenvalue weighted by Gasteiger charge is -2.10. The van der Waals surface area contributed by atoms with Crippen LogP contribution in [0, 0.1) is 13.8 Å². The van der Waals surface area contributed by atoms with Crippen LogP contribution in [0.15, 0.2) is 40.9 Å². The van der Waals surface area contributed by atoms with Crippen molar-refractivity contribution in [3.05, 3.63) is 52.0 Å². The van der Waals surface area contributed by atoms with Gasteiger partial charge in [-0.1, -0.05) is 22.0 Å². The molecule has 2 aromatic rings. The van der Waals surface area contributed by atoms with E-state index in [9.17, 15) is 4.79 Å². The molecule has 5 heteroatoms. The van der Waals surface area contributed by atoms with E-state index in [1.165, 1.54) is 0 Å². The third-order valence-electron chi connectivity index (χ3n) is 2.95. The Kier molecular flexibility index (Phi) is 4.85. The van der Waals surface area contributed by atoms with Crippen LogP contribution in [0.1, 0.15) is 11.1 Å². The monoisotopic (exact) mass is 348 g/mol. The molecule has 0 heterocycles. The first-order valence-corrected chi connectivity index (χ1v) is 7.30. The van der Waals surface area contributed by atoms with Gasteiger partial charge in [0.2, 0.25) is 0 Å². The van der Waals surface area contributed by atoms with E-state index in [0.29, 0.717) is 11.4 Å². The number of ether oxygens (including phenoxy) is 1. The number of halogens is 1. The van der Waals surface area contributed by atoms with Crippen LogP contribution in [0.5, 0.6) is 5.75 Å². The molecule has 0 bridgehead atoms. The Balaban J connectivity index is 1.96. The van der Waals surface area contributed by atoms with Crippen LogP contribution in [-0.4, -0.2) is 12.5 Å². The molecule has 0 spiro atoms. The molecular formula is C16H17BrN2O2. The van der Waals surface area contributed by atoms with Crippen molar-refractivity contribution in [2.45, 2.75) is 13.8 Å². The van der Waals surface area contributed by atoms with Gasteiger partial charge in [-0.15, -0.1) is 0 Å². The molecule has 0 saturated carbocycles. The summed E-state index contributed by atoms with van der Waals surface area (Å²) in [5.74, 6) is 0.367. The minimum Gasteiger partial charge on any atom is -0.484 e. The van der Waals surface area contributed by atoms with Crippen molar-refractivity contribution in [1.29, 1.82) is 0 Å². The molecule has 0 aromatic heterocycles. The second-order valence-corrected chi connectivity index (χ2v) is 5.63. The topological polar surface area (TPSA) is 64.3 Å². The summed E-state index contributed by atoms with van der Waals surface area (Å²) in [6.07, 6.45) is 0. The minimum absolute atomic E-state index is 0.0579. The van der Waals surface area contributed by atoms with Crippen molar-refractivity contribution in [1.82, 2.24) is 0 Å². The van der Waals surface area contributed by atoms with E-state index < -0.39 is 0 Å². The molecule has 110 valence electrons. The summed E-state index contributed by atoms with van der Waals surface area (Å²) in [5, 5.41) is 2.82. The lowest BCUT2D eigenvalue weighted by molar-refractivity contribution is -0.118. The van der Waals surface area contributed by atoms with E-state index in [1.54, 1.807) is 24.3 Å². The normalized spacial score (nSPS) is 10.2. The zero-order valence-electron chi connectivity index (χ0n) is 11.9. The van der Waals surface area contributed by atoms with Gasteiger partial charge in [0.15, 0.2) is 6.61 Å². The molecule has 0 saturated heterocycles. The van der Waals surface area contributed by atoms with Gasteiger partial charge in [-0.2, -0.15) is 0 Å². The van der Waals surface area contributed by atoms with Gasteiger partial charge in [0, 0.05) is 21.9 Å². The number of amides is 1. The third kappa shape index (κ3) is 4.23. The van der Waals surface area contributed by atoms with Crippen LogP contribution in [0.2, 0.25) is 0 Å². The summed E-state index contributed by atoms with van der Waals surface area (Å²) in [6.45, 7) is 3.91. The summed E-state index contributed by atoms with van der Waals surface area (Å²) < 4.78 is 6.46. The number of nitrogens with one attached hydrogen (secondary N) is 1. The van der Waals surface area contributed by atoms with Crippen molar-refractivity contribution in [3.63, 3.8) is 0 Å². The number of hydrogen-bond acceptors (Lipinski definition) is 3. The highest BCUT2D eigenvalue weighted by atomic mass is 79.9. The molecule has 3 N–H and O–H groups in total. The van der Waals surface area contributed by atoms with E-state index in [0.717, 1.165) is 21.3 Å². The molecule has 0 aliphatic heterocycles. The van der Waals surface area contributed by atoms with E-state index >= 15 is 0 Å². The van der Waals surface area contributed by atoms with E-state index in [-0.39, 0.29) is 12.5 Å². The maximum atomic E-state index is 11.9. The highest BCUT2D eigenvalue weighted by Crippen LogP contribution is 2.25. The number of aryl methyl sites for hydroxylation is 2. The molecule has 4 nitrogen and oxygen atoms in total. The smallest absolute Gasteiger partial charge is 0.262 e. The Bertz CT molecular complexity index is 648. The van der Waals surface area contributed by atoms with E-state index in [2.05, 4.69) is 21.2 Å². The standard InChI is InChI=1S/C16H17BrN2O2/c1-10-6-13(7-11(2)16(10)17)19-15(20)9-21-14-5-3-4-12(18)8-14/h3-8H,9,18H2,1-2H3,(H,19,20). The number of hydrogen-bond donors (Lipinski definition) is 2. The van der Waals surface area contributed by atoms with Crippen molar-refractivity contribution in [3.8, 4) is 5.75 Å². The molecule has 2 aromatic carbocycles. The van der Waals surface area contributed by atoms with Crippen molar-refractivity contribution >= 4 is 33.2 Å². The molecule has 0 fully saturated rings. The van der Waals surface area contributed by atoms with Gasteiger partial charge in [-0.3, -0.25) is 4.79 Å². The summed E-state index contributed by atoms with van der Waals surface area (Å²) in [6, 6.07) is 10.8. The third-order valence-corrected chi connectivity index (χ3v) is 4.20. The fraction of sp³-hybridized carbons (Fsp3) is 0.188. The van der Waals surface area contributed by atoms with Crippen LogP contribution in [0.3, 0.4) is 0 Å². The first-order chi connectivity index (χ1) is 9.95. The van der Waals surface area contributed by atoms with Crippen LogP contribution in [0.4, 0.5) is 11.4 Å². The van der Waals surface area contributed by atoms with Gasteiger partial charge in [-0.05, 0) is 49.2 Å². The predicted octanol–water partition coefficient (Wildman–Crippen LogP) is 3.67. The Morgan fingerprint density at radius 3 is 2.52 bits per heavy atom. The average Bonchev–Trinajstić information content (AvgIpc) is 2.42. The van der Waals surface area contributed by atoms with Crippen LogP contribution < -0.4 is 15.8 Å². The van der Waals surface area contributed by atoms with Crippen LogP contribution in [0.25, 0.3) is 0 Å². The summed E-state index contributed by atoms with van der Waals surface area (Å²) in [4.78, 5) is 11.9. The highest BCUT2D eigenvalue weighted by Gasteiger charge is 2.07. The zero-order chi connectivity index (χ0) is 15.4. The van der Waals surface area contributed by atoms with Crippen molar-refractivity contribution in [2.75, 3.05) is 17.7 Å². The summed E-state index contributed by atoms with van der Waals surface area (Å²) >= 11 is 3.50. The van der Waals surface area contributed by atoms with Crippen LogP contribution in [-0.2, 0) is 4.79 Å². The highest BCUT2D eigenvalue weighted by molar-refractivity contribution is 9.10. The number of anilines is 2. The first-order valence-electron chi connectivity index (χ1n) is 6.50. The lowest BCUT2D eigenvalue weighted by atomic mass is 10.1. The largest absolute Gasteiger partial charge is 0.484 e. The van der Waals surface area contributed by atoms with Crippen LogP contribution >= 0.6 is 15.9 Å². The quantitative estimate of drug-likeness (QED) is 0.828. The van der Waals surface area contributed by atoms with E-state index in [1.807, 2.05) is 26.0 Å².